The summed E-state index contributed by atoms with van der Waals surface area (Å²) in [6, 6.07) is 17.6. The normalized spacial score (nSPS) is 10.8. The van der Waals surface area contributed by atoms with Gasteiger partial charge in [-0.15, -0.1) is 0 Å². The summed E-state index contributed by atoms with van der Waals surface area (Å²) in [5, 5.41) is 1.36. The van der Waals surface area contributed by atoms with Gasteiger partial charge >= 0.3 is 0 Å². The minimum atomic E-state index is -0.0177. The Morgan fingerprint density at radius 2 is 1.63 bits per heavy atom. The summed E-state index contributed by atoms with van der Waals surface area (Å²) in [5.41, 5.74) is 2.49. The molecular weight excluding hydrogens is 258 g/mol. The molecule has 3 aromatic rings. The molecule has 19 heavy (non-hydrogen) atoms. The van der Waals surface area contributed by atoms with Gasteiger partial charge in [0.25, 0.3) is 0 Å². The van der Waals surface area contributed by atoms with Gasteiger partial charge in [-0.2, -0.15) is 0 Å². The van der Waals surface area contributed by atoms with E-state index in [-0.39, 0.29) is 5.78 Å². The fourth-order valence-electron chi connectivity index (χ4n) is 2.37. The summed E-state index contributed by atoms with van der Waals surface area (Å²) < 4.78 is 1.91. The van der Waals surface area contributed by atoms with Gasteiger partial charge in [0.1, 0.15) is 5.15 Å². The number of nitrogens with zero attached hydrogens (tertiary/aromatic N) is 1. The largest absolute Gasteiger partial charge is 0.300 e. The topological polar surface area (TPSA) is 22.0 Å². The molecule has 0 spiro atoms. The van der Waals surface area contributed by atoms with Gasteiger partial charge < -0.3 is 0 Å². The number of rotatable bonds is 2. The highest BCUT2D eigenvalue weighted by molar-refractivity contribution is 6.36. The monoisotopic (exact) mass is 269 g/mol. The van der Waals surface area contributed by atoms with Crippen molar-refractivity contribution >= 4 is 28.3 Å². The maximum absolute atomic E-state index is 11.8. The first-order chi connectivity index (χ1) is 9.20. The van der Waals surface area contributed by atoms with E-state index in [2.05, 4.69) is 0 Å². The summed E-state index contributed by atoms with van der Waals surface area (Å²) in [6.07, 6.45) is 0. The molecule has 1 aromatic heterocycles. The SMILES string of the molecule is CC(=O)c1c(Cl)n(-c2ccccc2)c2ccccc12. The maximum Gasteiger partial charge on any atom is 0.163 e. The van der Waals surface area contributed by atoms with Crippen molar-refractivity contribution in [3.05, 3.63) is 65.3 Å². The van der Waals surface area contributed by atoms with E-state index in [0.717, 1.165) is 16.6 Å². The number of carbonyl (C=O) groups excluding carboxylic acids is 1. The standard InChI is InChI=1S/C16H12ClNO/c1-11(19)15-13-9-5-6-10-14(13)18(16(15)17)12-7-3-2-4-8-12/h2-10H,1H3. The Bertz CT molecular complexity index is 759. The first-order valence-electron chi connectivity index (χ1n) is 6.05. The van der Waals surface area contributed by atoms with Crippen LogP contribution >= 0.6 is 11.6 Å². The number of benzene rings is 2. The molecule has 0 saturated heterocycles. The zero-order valence-electron chi connectivity index (χ0n) is 10.4. The smallest absolute Gasteiger partial charge is 0.163 e. The Morgan fingerprint density at radius 3 is 2.32 bits per heavy atom. The lowest BCUT2D eigenvalue weighted by atomic mass is 10.1. The predicted octanol–water partition coefficient (Wildman–Crippen LogP) is 4.49. The quantitative estimate of drug-likeness (QED) is 0.629. The number of aromatic nitrogens is 1. The summed E-state index contributed by atoms with van der Waals surface area (Å²) in [5.74, 6) is -0.0177. The first-order valence-corrected chi connectivity index (χ1v) is 6.43. The van der Waals surface area contributed by atoms with Crippen LogP contribution in [0.4, 0.5) is 0 Å². The maximum atomic E-state index is 11.8. The summed E-state index contributed by atoms with van der Waals surface area (Å²) >= 11 is 6.42. The Hall–Kier alpha value is -2.06. The van der Waals surface area contributed by atoms with Crippen LogP contribution in [0.25, 0.3) is 16.6 Å². The molecule has 0 aliphatic rings. The fourth-order valence-corrected chi connectivity index (χ4v) is 2.80. The molecule has 0 saturated carbocycles. The number of hydrogen-bond acceptors (Lipinski definition) is 1. The third kappa shape index (κ3) is 1.85. The third-order valence-electron chi connectivity index (χ3n) is 3.18. The van der Waals surface area contributed by atoms with Crippen molar-refractivity contribution < 1.29 is 4.79 Å². The van der Waals surface area contributed by atoms with E-state index in [9.17, 15) is 4.79 Å². The average molecular weight is 270 g/mol. The Kier molecular flexibility index (Phi) is 2.88. The summed E-state index contributed by atoms with van der Waals surface area (Å²) in [7, 11) is 0. The van der Waals surface area contributed by atoms with Gasteiger partial charge in [-0.05, 0) is 25.1 Å². The molecule has 0 aliphatic heterocycles. The van der Waals surface area contributed by atoms with Crippen molar-refractivity contribution in [2.75, 3.05) is 0 Å². The zero-order chi connectivity index (χ0) is 13.4. The lowest BCUT2D eigenvalue weighted by molar-refractivity contribution is 0.101. The van der Waals surface area contributed by atoms with Gasteiger partial charge in [-0.3, -0.25) is 9.36 Å². The van der Waals surface area contributed by atoms with E-state index in [4.69, 9.17) is 11.6 Å². The predicted molar refractivity (Wildman–Crippen MR) is 78.3 cm³/mol. The fraction of sp³-hybridized carbons (Fsp3) is 0.0625. The number of fused-ring (bicyclic) bond motifs is 1. The molecule has 0 unspecified atom stereocenters. The Morgan fingerprint density at radius 1 is 1.00 bits per heavy atom. The molecular formula is C16H12ClNO. The van der Waals surface area contributed by atoms with Gasteiger partial charge in [0.2, 0.25) is 0 Å². The minimum absolute atomic E-state index is 0.0177. The van der Waals surface area contributed by atoms with Gasteiger partial charge in [-0.1, -0.05) is 48.0 Å². The third-order valence-corrected chi connectivity index (χ3v) is 3.54. The van der Waals surface area contributed by atoms with Gasteiger partial charge in [-0.25, -0.2) is 0 Å². The summed E-state index contributed by atoms with van der Waals surface area (Å²) in [6.45, 7) is 1.54. The molecule has 0 aliphatic carbocycles. The molecule has 0 bridgehead atoms. The molecule has 94 valence electrons. The van der Waals surface area contributed by atoms with E-state index < -0.39 is 0 Å². The van der Waals surface area contributed by atoms with E-state index >= 15 is 0 Å². The minimum Gasteiger partial charge on any atom is -0.300 e. The van der Waals surface area contributed by atoms with Crippen LogP contribution in [0.1, 0.15) is 17.3 Å². The average Bonchev–Trinajstić information content (AvgIpc) is 2.71. The molecule has 1 heterocycles. The number of para-hydroxylation sites is 2. The lowest BCUT2D eigenvalue weighted by Crippen LogP contribution is -1.95. The molecule has 0 atom stereocenters. The molecule has 3 rings (SSSR count). The highest BCUT2D eigenvalue weighted by Crippen LogP contribution is 2.33. The van der Waals surface area contributed by atoms with Crippen molar-refractivity contribution in [3.63, 3.8) is 0 Å². The molecule has 0 amide bonds. The van der Waals surface area contributed by atoms with E-state index in [1.165, 1.54) is 0 Å². The number of hydrogen-bond donors (Lipinski definition) is 0. The van der Waals surface area contributed by atoms with Gasteiger partial charge in [0.05, 0.1) is 11.1 Å². The lowest BCUT2D eigenvalue weighted by Gasteiger charge is -2.06. The van der Waals surface area contributed by atoms with E-state index in [0.29, 0.717) is 10.7 Å². The van der Waals surface area contributed by atoms with Crippen molar-refractivity contribution in [1.29, 1.82) is 0 Å². The van der Waals surface area contributed by atoms with Crippen LogP contribution in [-0.2, 0) is 0 Å². The molecule has 2 nitrogen and oxygen atoms in total. The Balaban J connectivity index is 2.43. The second-order valence-corrected chi connectivity index (χ2v) is 4.77. The number of ketones is 1. The van der Waals surface area contributed by atoms with E-state index in [1.54, 1.807) is 6.92 Å². The highest BCUT2D eigenvalue weighted by atomic mass is 35.5. The van der Waals surface area contributed by atoms with Crippen LogP contribution in [0.5, 0.6) is 0 Å². The summed E-state index contributed by atoms with van der Waals surface area (Å²) in [4.78, 5) is 11.8. The van der Waals surface area contributed by atoms with Crippen molar-refractivity contribution in [1.82, 2.24) is 4.57 Å². The van der Waals surface area contributed by atoms with E-state index in [1.807, 2.05) is 59.2 Å². The van der Waals surface area contributed by atoms with Crippen molar-refractivity contribution in [2.45, 2.75) is 6.92 Å². The Labute approximate surface area is 116 Å². The highest BCUT2D eigenvalue weighted by Gasteiger charge is 2.19. The number of carbonyl (C=O) groups is 1. The van der Waals surface area contributed by atoms with Crippen LogP contribution in [0.3, 0.4) is 0 Å². The second kappa shape index (κ2) is 4.56. The molecule has 0 radical (unpaired) electrons. The van der Waals surface area contributed by atoms with Crippen molar-refractivity contribution in [2.24, 2.45) is 0 Å². The first kappa shape index (κ1) is 12.0. The molecule has 0 N–H and O–H groups in total. The zero-order valence-corrected chi connectivity index (χ0v) is 11.2. The van der Waals surface area contributed by atoms with Crippen LogP contribution in [-0.4, -0.2) is 10.4 Å². The molecule has 0 fully saturated rings. The van der Waals surface area contributed by atoms with Crippen LogP contribution in [0.15, 0.2) is 54.6 Å². The van der Waals surface area contributed by atoms with Crippen molar-refractivity contribution in [3.8, 4) is 5.69 Å². The van der Waals surface area contributed by atoms with Crippen LogP contribution in [0, 0.1) is 0 Å². The van der Waals surface area contributed by atoms with Crippen LogP contribution in [0.2, 0.25) is 5.15 Å². The number of Topliss-reactive ketones (excluding diaryl/α,β-unsaturated/α-hetero) is 1. The molecule has 3 heteroatoms. The second-order valence-electron chi connectivity index (χ2n) is 4.41. The van der Waals surface area contributed by atoms with Crippen LogP contribution < -0.4 is 0 Å². The molecule has 2 aromatic carbocycles. The van der Waals surface area contributed by atoms with Gasteiger partial charge in [0, 0.05) is 11.1 Å². The number of halogens is 1. The van der Waals surface area contributed by atoms with Gasteiger partial charge in [0.15, 0.2) is 5.78 Å².